The highest BCUT2D eigenvalue weighted by Gasteiger charge is 2.22. The van der Waals surface area contributed by atoms with Gasteiger partial charge in [-0.1, -0.05) is 39.7 Å². The average Bonchev–Trinajstić information content (AvgIpc) is 2.99. The number of benzene rings is 2. The number of carboxylic acids is 1. The fourth-order valence-corrected chi connectivity index (χ4v) is 3.82. The van der Waals surface area contributed by atoms with Crippen molar-refractivity contribution in [2.45, 2.75) is 0 Å². The van der Waals surface area contributed by atoms with Crippen LogP contribution in [-0.2, 0) is 0 Å². The number of thiophene rings is 1. The molecule has 1 aromatic heterocycles. The third-order valence-corrected chi connectivity index (χ3v) is 5.30. The summed E-state index contributed by atoms with van der Waals surface area (Å²) in [7, 11) is 0. The minimum Gasteiger partial charge on any atom is -0.478 e. The Balaban J connectivity index is 1.97. The Labute approximate surface area is 165 Å². The van der Waals surface area contributed by atoms with Gasteiger partial charge >= 0.3 is 5.97 Å². The van der Waals surface area contributed by atoms with Crippen molar-refractivity contribution in [1.29, 1.82) is 0 Å². The van der Waals surface area contributed by atoms with E-state index in [2.05, 4.69) is 21.2 Å². The molecule has 3 aromatic rings. The third-order valence-electron chi connectivity index (χ3n) is 3.56. The molecule has 3 rings (SSSR count). The van der Waals surface area contributed by atoms with Gasteiger partial charge in [0.25, 0.3) is 5.91 Å². The zero-order valence-electron chi connectivity index (χ0n) is 12.9. The summed E-state index contributed by atoms with van der Waals surface area (Å²) in [6.45, 7) is 0. The van der Waals surface area contributed by atoms with Gasteiger partial charge in [0.1, 0.15) is 16.4 Å². The molecule has 0 bridgehead atoms. The molecule has 0 atom stereocenters. The quantitative estimate of drug-likeness (QED) is 0.514. The summed E-state index contributed by atoms with van der Waals surface area (Å²) in [4.78, 5) is 24.1. The Morgan fingerprint density at radius 1 is 1.15 bits per heavy atom. The molecule has 0 saturated carbocycles. The van der Waals surface area contributed by atoms with Crippen LogP contribution in [-0.4, -0.2) is 17.0 Å². The molecule has 0 aliphatic heterocycles. The highest BCUT2D eigenvalue weighted by atomic mass is 79.9. The second-order valence-corrected chi connectivity index (χ2v) is 7.45. The van der Waals surface area contributed by atoms with E-state index < -0.39 is 17.7 Å². The predicted octanol–water partition coefficient (Wildman–Crippen LogP) is 5.92. The first kappa shape index (κ1) is 18.6. The van der Waals surface area contributed by atoms with Gasteiger partial charge < -0.3 is 10.4 Å². The maximum absolute atomic E-state index is 13.1. The first-order valence-electron chi connectivity index (χ1n) is 7.24. The van der Waals surface area contributed by atoms with E-state index >= 15 is 0 Å². The van der Waals surface area contributed by atoms with Crippen LogP contribution in [0.5, 0.6) is 0 Å². The van der Waals surface area contributed by atoms with Gasteiger partial charge in [-0.25, -0.2) is 9.18 Å². The van der Waals surface area contributed by atoms with Crippen molar-refractivity contribution in [3.63, 3.8) is 0 Å². The van der Waals surface area contributed by atoms with Crippen molar-refractivity contribution in [3.05, 3.63) is 74.3 Å². The number of hydrogen-bond acceptors (Lipinski definition) is 3. The first-order valence-corrected chi connectivity index (χ1v) is 9.29. The van der Waals surface area contributed by atoms with Gasteiger partial charge in [-0.05, 0) is 35.9 Å². The molecule has 1 heterocycles. The maximum Gasteiger partial charge on any atom is 0.339 e. The monoisotopic (exact) mass is 453 g/mol. The van der Waals surface area contributed by atoms with Crippen molar-refractivity contribution in [2.75, 3.05) is 5.32 Å². The van der Waals surface area contributed by atoms with Crippen molar-refractivity contribution < 1.29 is 19.1 Å². The van der Waals surface area contributed by atoms with E-state index in [1.165, 1.54) is 6.07 Å². The van der Waals surface area contributed by atoms with Crippen LogP contribution >= 0.6 is 38.9 Å². The lowest BCUT2D eigenvalue weighted by Crippen LogP contribution is -2.14. The Kier molecular flexibility index (Phi) is 5.41. The van der Waals surface area contributed by atoms with Gasteiger partial charge in [0.2, 0.25) is 0 Å². The summed E-state index contributed by atoms with van der Waals surface area (Å²) >= 11 is 10.3. The minimum absolute atomic E-state index is 0.0103. The van der Waals surface area contributed by atoms with Gasteiger partial charge in [-0.3, -0.25) is 4.79 Å². The largest absolute Gasteiger partial charge is 0.478 e. The fourth-order valence-electron chi connectivity index (χ4n) is 2.35. The van der Waals surface area contributed by atoms with Crippen LogP contribution in [0.4, 0.5) is 9.39 Å². The van der Waals surface area contributed by atoms with Crippen LogP contribution in [0.1, 0.15) is 20.7 Å². The fraction of sp³-hybridized carbons (Fsp3) is 0. The van der Waals surface area contributed by atoms with Crippen molar-refractivity contribution in [3.8, 4) is 11.1 Å². The molecule has 4 nitrogen and oxygen atoms in total. The molecule has 0 aliphatic rings. The molecule has 0 unspecified atom stereocenters. The van der Waals surface area contributed by atoms with Crippen molar-refractivity contribution in [2.24, 2.45) is 0 Å². The molecule has 0 radical (unpaired) electrons. The Bertz CT molecular complexity index is 1000. The maximum atomic E-state index is 13.1. The lowest BCUT2D eigenvalue weighted by molar-refractivity contribution is 0.0699. The van der Waals surface area contributed by atoms with E-state index in [0.29, 0.717) is 11.1 Å². The van der Waals surface area contributed by atoms with E-state index in [-0.39, 0.29) is 21.2 Å². The Morgan fingerprint density at radius 2 is 1.85 bits per heavy atom. The van der Waals surface area contributed by atoms with E-state index in [9.17, 15) is 19.1 Å². The normalized spacial score (nSPS) is 10.6. The molecule has 0 aliphatic carbocycles. The summed E-state index contributed by atoms with van der Waals surface area (Å²) in [5.41, 5.74) is 1.25. The van der Waals surface area contributed by atoms with Gasteiger partial charge in [0.05, 0.1) is 10.6 Å². The van der Waals surface area contributed by atoms with E-state index in [1.807, 2.05) is 0 Å². The summed E-state index contributed by atoms with van der Waals surface area (Å²) in [5.74, 6) is -2.34. The molecule has 2 N–H and O–H groups in total. The van der Waals surface area contributed by atoms with Crippen LogP contribution in [0, 0.1) is 5.82 Å². The second kappa shape index (κ2) is 7.57. The van der Waals surface area contributed by atoms with Gasteiger partial charge in [0.15, 0.2) is 0 Å². The first-order chi connectivity index (χ1) is 12.4. The third kappa shape index (κ3) is 3.80. The number of halogens is 3. The number of carbonyl (C=O) groups excluding carboxylic acids is 1. The highest BCUT2D eigenvalue weighted by molar-refractivity contribution is 9.10. The number of anilines is 1. The Morgan fingerprint density at radius 3 is 2.46 bits per heavy atom. The molecule has 2 aromatic carbocycles. The smallest absolute Gasteiger partial charge is 0.339 e. The van der Waals surface area contributed by atoms with Gasteiger partial charge in [-0.15, -0.1) is 11.3 Å². The van der Waals surface area contributed by atoms with Crippen LogP contribution in [0.3, 0.4) is 0 Å². The van der Waals surface area contributed by atoms with Crippen LogP contribution in [0.2, 0.25) is 5.02 Å². The molecule has 26 heavy (non-hydrogen) atoms. The molecular weight excluding hydrogens is 445 g/mol. The Hall–Kier alpha value is -2.22. The van der Waals surface area contributed by atoms with Crippen LogP contribution in [0.25, 0.3) is 11.1 Å². The number of nitrogens with one attached hydrogen (secondary N) is 1. The molecular formula is C18H10BrClFNO3S. The number of amides is 1. The highest BCUT2D eigenvalue weighted by Crippen LogP contribution is 2.36. The summed E-state index contributed by atoms with van der Waals surface area (Å²) in [6, 6.07) is 10.5. The lowest BCUT2D eigenvalue weighted by atomic mass is 10.0. The molecule has 0 spiro atoms. The summed E-state index contributed by atoms with van der Waals surface area (Å²) in [6.07, 6.45) is 0. The topological polar surface area (TPSA) is 66.4 Å². The standard InChI is InChI=1S/C18H10BrClFNO3S/c19-10-3-1-9(2-4-10)13-8-26-17(15(13)18(24)25)22-16(23)12-6-5-11(21)7-14(12)20/h1-8H,(H,22,23)(H,24,25). The van der Waals surface area contributed by atoms with E-state index in [1.54, 1.807) is 29.6 Å². The number of carboxylic acid groups (broad SMARTS) is 1. The van der Waals surface area contributed by atoms with Gasteiger partial charge in [0, 0.05) is 15.4 Å². The van der Waals surface area contributed by atoms with Crippen molar-refractivity contribution >= 4 is 55.7 Å². The molecule has 1 amide bonds. The second-order valence-electron chi connectivity index (χ2n) is 5.24. The summed E-state index contributed by atoms with van der Waals surface area (Å²) < 4.78 is 14.0. The summed E-state index contributed by atoms with van der Waals surface area (Å²) in [5, 5.41) is 13.9. The van der Waals surface area contributed by atoms with Crippen LogP contribution < -0.4 is 5.32 Å². The van der Waals surface area contributed by atoms with E-state index in [4.69, 9.17) is 11.6 Å². The SMILES string of the molecule is O=C(Nc1scc(-c2ccc(Br)cc2)c1C(=O)O)c1ccc(F)cc1Cl. The minimum atomic E-state index is -1.16. The predicted molar refractivity (Wildman–Crippen MR) is 104 cm³/mol. The van der Waals surface area contributed by atoms with Crippen LogP contribution in [0.15, 0.2) is 52.3 Å². The number of aromatic carboxylic acids is 1. The zero-order chi connectivity index (χ0) is 18.8. The average molecular weight is 455 g/mol. The number of rotatable bonds is 4. The lowest BCUT2D eigenvalue weighted by Gasteiger charge is -2.07. The number of hydrogen-bond donors (Lipinski definition) is 2. The zero-order valence-corrected chi connectivity index (χ0v) is 16.1. The molecule has 0 fully saturated rings. The van der Waals surface area contributed by atoms with Crippen molar-refractivity contribution in [1.82, 2.24) is 0 Å². The molecule has 132 valence electrons. The van der Waals surface area contributed by atoms with Gasteiger partial charge in [-0.2, -0.15) is 0 Å². The van der Waals surface area contributed by atoms with E-state index in [0.717, 1.165) is 27.9 Å². The number of carbonyl (C=O) groups is 2. The molecule has 0 saturated heterocycles. The molecule has 8 heteroatoms.